The van der Waals surface area contributed by atoms with Gasteiger partial charge in [0.1, 0.15) is 11.3 Å². The minimum absolute atomic E-state index is 0.395. The molecule has 0 saturated carbocycles. The summed E-state index contributed by atoms with van der Waals surface area (Å²) < 4.78 is 0. The Balaban J connectivity index is 2.27. The van der Waals surface area contributed by atoms with Gasteiger partial charge in [-0.15, -0.1) is 0 Å². The van der Waals surface area contributed by atoms with E-state index in [1.807, 2.05) is 24.3 Å². The van der Waals surface area contributed by atoms with E-state index in [1.165, 1.54) is 5.56 Å². The molecular formula is C14H14ClNO. The van der Waals surface area contributed by atoms with E-state index in [0.717, 1.165) is 17.5 Å². The first-order chi connectivity index (χ1) is 8.20. The predicted molar refractivity (Wildman–Crippen MR) is 69.1 cm³/mol. The van der Waals surface area contributed by atoms with Gasteiger partial charge in [-0.1, -0.05) is 42.8 Å². The van der Waals surface area contributed by atoms with Crippen LogP contribution in [0.5, 0.6) is 0 Å². The molecule has 0 saturated heterocycles. The van der Waals surface area contributed by atoms with Gasteiger partial charge in [-0.25, -0.2) is 4.98 Å². The van der Waals surface area contributed by atoms with Crippen molar-refractivity contribution in [3.8, 4) is 0 Å². The van der Waals surface area contributed by atoms with Gasteiger partial charge in [0.2, 0.25) is 0 Å². The fourth-order valence-corrected chi connectivity index (χ4v) is 1.90. The van der Waals surface area contributed by atoms with Crippen molar-refractivity contribution in [2.24, 2.45) is 0 Å². The fourth-order valence-electron chi connectivity index (χ4n) is 1.72. The summed E-state index contributed by atoms with van der Waals surface area (Å²) in [6.45, 7) is 2.11. The van der Waals surface area contributed by atoms with Crippen molar-refractivity contribution >= 4 is 11.6 Å². The standard InChI is InChI=1S/C14H14ClNO/c1-2-10-3-5-11(6-4-10)14(17)12-7-8-16-13(15)9-12/h3-9,14,17H,2H2,1H3. The summed E-state index contributed by atoms with van der Waals surface area (Å²) in [5.74, 6) is 0. The normalized spacial score (nSPS) is 12.4. The highest BCUT2D eigenvalue weighted by molar-refractivity contribution is 6.29. The van der Waals surface area contributed by atoms with Gasteiger partial charge in [0.05, 0.1) is 0 Å². The van der Waals surface area contributed by atoms with Crippen molar-refractivity contribution in [3.63, 3.8) is 0 Å². The van der Waals surface area contributed by atoms with Crippen LogP contribution in [0.15, 0.2) is 42.6 Å². The molecule has 0 fully saturated rings. The van der Waals surface area contributed by atoms with Crippen molar-refractivity contribution in [2.45, 2.75) is 19.4 Å². The molecule has 1 atom stereocenters. The van der Waals surface area contributed by atoms with Crippen molar-refractivity contribution in [2.75, 3.05) is 0 Å². The fraction of sp³-hybridized carbons (Fsp3) is 0.214. The summed E-state index contributed by atoms with van der Waals surface area (Å²) in [5.41, 5.74) is 2.88. The van der Waals surface area contributed by atoms with Crippen molar-refractivity contribution in [1.82, 2.24) is 4.98 Å². The van der Waals surface area contributed by atoms with Gasteiger partial charge in [0.15, 0.2) is 0 Å². The Morgan fingerprint density at radius 3 is 2.47 bits per heavy atom. The van der Waals surface area contributed by atoms with Crippen LogP contribution in [0.4, 0.5) is 0 Å². The third-order valence-corrected chi connectivity index (χ3v) is 2.98. The minimum atomic E-state index is -0.651. The van der Waals surface area contributed by atoms with E-state index in [2.05, 4.69) is 11.9 Å². The Morgan fingerprint density at radius 1 is 1.18 bits per heavy atom. The van der Waals surface area contributed by atoms with Crippen LogP contribution in [0.1, 0.15) is 29.7 Å². The Kier molecular flexibility index (Phi) is 3.77. The lowest BCUT2D eigenvalue weighted by Gasteiger charge is -2.11. The molecule has 0 aliphatic rings. The highest BCUT2D eigenvalue weighted by Crippen LogP contribution is 2.23. The molecule has 3 heteroatoms. The molecule has 1 aromatic heterocycles. The number of halogens is 1. The highest BCUT2D eigenvalue weighted by Gasteiger charge is 2.10. The molecule has 1 N–H and O–H groups in total. The molecule has 0 aliphatic carbocycles. The average molecular weight is 248 g/mol. The Hall–Kier alpha value is -1.38. The van der Waals surface area contributed by atoms with Crippen molar-refractivity contribution in [1.29, 1.82) is 0 Å². The summed E-state index contributed by atoms with van der Waals surface area (Å²) in [6, 6.07) is 11.4. The van der Waals surface area contributed by atoms with Crippen LogP contribution < -0.4 is 0 Å². The SMILES string of the molecule is CCc1ccc(C(O)c2ccnc(Cl)c2)cc1. The maximum atomic E-state index is 10.2. The van der Waals surface area contributed by atoms with Crippen LogP contribution in [0, 0.1) is 0 Å². The molecule has 2 aromatic rings. The van der Waals surface area contributed by atoms with E-state index < -0.39 is 6.10 Å². The molecule has 0 bridgehead atoms. The second-order valence-electron chi connectivity index (χ2n) is 3.91. The second kappa shape index (κ2) is 5.30. The monoisotopic (exact) mass is 247 g/mol. The van der Waals surface area contributed by atoms with Gasteiger partial charge in [0, 0.05) is 6.20 Å². The maximum absolute atomic E-state index is 10.2. The zero-order chi connectivity index (χ0) is 12.3. The minimum Gasteiger partial charge on any atom is -0.384 e. The van der Waals surface area contributed by atoms with E-state index in [-0.39, 0.29) is 0 Å². The van der Waals surface area contributed by atoms with Gasteiger partial charge < -0.3 is 5.11 Å². The van der Waals surface area contributed by atoms with Crippen LogP contribution in [0.3, 0.4) is 0 Å². The van der Waals surface area contributed by atoms with E-state index in [9.17, 15) is 5.11 Å². The van der Waals surface area contributed by atoms with Crippen molar-refractivity contribution in [3.05, 3.63) is 64.4 Å². The summed E-state index contributed by atoms with van der Waals surface area (Å²) in [5, 5.41) is 10.6. The van der Waals surface area contributed by atoms with Crippen LogP contribution >= 0.6 is 11.6 Å². The number of pyridine rings is 1. The summed E-state index contributed by atoms with van der Waals surface area (Å²) in [4.78, 5) is 3.90. The van der Waals surface area contributed by atoms with E-state index in [1.54, 1.807) is 18.3 Å². The molecule has 0 aliphatic heterocycles. The Morgan fingerprint density at radius 2 is 1.88 bits per heavy atom. The first-order valence-electron chi connectivity index (χ1n) is 5.59. The lowest BCUT2D eigenvalue weighted by Crippen LogP contribution is -2.00. The number of aromatic nitrogens is 1. The quantitative estimate of drug-likeness (QED) is 0.844. The average Bonchev–Trinajstić information content (AvgIpc) is 2.38. The molecule has 0 radical (unpaired) electrons. The Labute approximate surface area is 106 Å². The smallest absolute Gasteiger partial charge is 0.129 e. The maximum Gasteiger partial charge on any atom is 0.129 e. The number of aryl methyl sites for hydroxylation is 1. The molecule has 0 amide bonds. The summed E-state index contributed by atoms with van der Waals surface area (Å²) in [6.07, 6.45) is 1.94. The third-order valence-electron chi connectivity index (χ3n) is 2.77. The zero-order valence-electron chi connectivity index (χ0n) is 9.60. The number of aliphatic hydroxyl groups is 1. The van der Waals surface area contributed by atoms with E-state index in [4.69, 9.17) is 11.6 Å². The van der Waals surface area contributed by atoms with Gasteiger partial charge >= 0.3 is 0 Å². The molecule has 1 heterocycles. The van der Waals surface area contributed by atoms with Gasteiger partial charge in [0.25, 0.3) is 0 Å². The molecule has 0 spiro atoms. The van der Waals surface area contributed by atoms with Gasteiger partial charge in [-0.2, -0.15) is 0 Å². The number of benzene rings is 1. The van der Waals surface area contributed by atoms with E-state index >= 15 is 0 Å². The predicted octanol–water partition coefficient (Wildman–Crippen LogP) is 3.38. The molecular weight excluding hydrogens is 234 g/mol. The van der Waals surface area contributed by atoms with Crippen LogP contribution in [-0.4, -0.2) is 10.1 Å². The molecule has 2 rings (SSSR count). The molecule has 1 unspecified atom stereocenters. The first kappa shape index (κ1) is 12.1. The largest absolute Gasteiger partial charge is 0.384 e. The summed E-state index contributed by atoms with van der Waals surface area (Å²) in [7, 11) is 0. The molecule has 1 aromatic carbocycles. The van der Waals surface area contributed by atoms with Gasteiger partial charge in [-0.05, 0) is 35.2 Å². The van der Waals surface area contributed by atoms with E-state index in [0.29, 0.717) is 5.15 Å². The number of nitrogens with zero attached hydrogens (tertiary/aromatic N) is 1. The van der Waals surface area contributed by atoms with Crippen LogP contribution in [0.25, 0.3) is 0 Å². The number of hydrogen-bond donors (Lipinski definition) is 1. The highest BCUT2D eigenvalue weighted by atomic mass is 35.5. The lowest BCUT2D eigenvalue weighted by molar-refractivity contribution is 0.220. The van der Waals surface area contributed by atoms with Crippen LogP contribution in [-0.2, 0) is 6.42 Å². The second-order valence-corrected chi connectivity index (χ2v) is 4.30. The molecule has 88 valence electrons. The number of aliphatic hydroxyl groups excluding tert-OH is 1. The van der Waals surface area contributed by atoms with Crippen molar-refractivity contribution < 1.29 is 5.11 Å². The lowest BCUT2D eigenvalue weighted by atomic mass is 10.0. The van der Waals surface area contributed by atoms with Gasteiger partial charge in [-0.3, -0.25) is 0 Å². The first-order valence-corrected chi connectivity index (χ1v) is 5.97. The molecule has 17 heavy (non-hydrogen) atoms. The summed E-state index contributed by atoms with van der Waals surface area (Å²) >= 11 is 5.80. The topological polar surface area (TPSA) is 33.1 Å². The van der Waals surface area contributed by atoms with Crippen LogP contribution in [0.2, 0.25) is 5.15 Å². The number of hydrogen-bond acceptors (Lipinski definition) is 2. The number of rotatable bonds is 3. The third kappa shape index (κ3) is 2.84. The zero-order valence-corrected chi connectivity index (χ0v) is 10.4. The molecule has 2 nitrogen and oxygen atoms in total. The Bertz CT molecular complexity index is 496.